The van der Waals surface area contributed by atoms with Crippen LogP contribution in [0.25, 0.3) is 0 Å². The quantitative estimate of drug-likeness (QED) is 0.760. The second-order valence-corrected chi connectivity index (χ2v) is 6.02. The summed E-state index contributed by atoms with van der Waals surface area (Å²) in [6.07, 6.45) is 13.0. The summed E-state index contributed by atoms with van der Waals surface area (Å²) in [6.45, 7) is 3.71. The lowest BCUT2D eigenvalue weighted by atomic mass is 9.92. The van der Waals surface area contributed by atoms with E-state index in [0.717, 1.165) is 12.1 Å². The molecule has 2 nitrogen and oxygen atoms in total. The molecule has 100 valence electrons. The molecule has 0 aromatic carbocycles. The molecule has 1 aliphatic carbocycles. The summed E-state index contributed by atoms with van der Waals surface area (Å²) in [4.78, 5) is 2.86. The zero-order chi connectivity index (χ0) is 12.1. The average molecular weight is 238 g/mol. The highest BCUT2D eigenvalue weighted by Crippen LogP contribution is 2.29. The molecule has 0 spiro atoms. The third-order valence-electron chi connectivity index (χ3n) is 4.92. The fraction of sp³-hybridized carbons (Fsp3) is 1.00. The van der Waals surface area contributed by atoms with Crippen LogP contribution in [0.4, 0.5) is 0 Å². The van der Waals surface area contributed by atoms with Crippen LogP contribution in [0.2, 0.25) is 0 Å². The molecule has 2 rings (SSSR count). The third-order valence-corrected chi connectivity index (χ3v) is 4.92. The van der Waals surface area contributed by atoms with E-state index in [1.165, 1.54) is 64.3 Å². The average Bonchev–Trinajstić information content (AvgIpc) is 2.66. The number of rotatable bonds is 3. The lowest BCUT2D eigenvalue weighted by molar-refractivity contribution is 0.0666. The summed E-state index contributed by atoms with van der Waals surface area (Å²) in [5, 5.41) is 3.48. The predicted molar refractivity (Wildman–Crippen MR) is 74.4 cm³/mol. The van der Waals surface area contributed by atoms with E-state index >= 15 is 0 Å². The Hall–Kier alpha value is -0.0800. The van der Waals surface area contributed by atoms with Crippen molar-refractivity contribution in [3.8, 4) is 0 Å². The minimum absolute atomic E-state index is 0.651. The number of likely N-dealkylation sites (N-methyl/N-ethyl adjacent to an activating group) is 1. The molecule has 2 unspecified atom stereocenters. The second kappa shape index (κ2) is 6.75. The Morgan fingerprint density at radius 2 is 1.59 bits per heavy atom. The van der Waals surface area contributed by atoms with Crippen molar-refractivity contribution in [2.75, 3.05) is 13.6 Å². The minimum atomic E-state index is 0.651. The Morgan fingerprint density at radius 1 is 0.941 bits per heavy atom. The molecule has 2 heteroatoms. The summed E-state index contributed by atoms with van der Waals surface area (Å²) < 4.78 is 0. The molecule has 2 fully saturated rings. The fourth-order valence-corrected chi connectivity index (χ4v) is 3.75. The van der Waals surface area contributed by atoms with Gasteiger partial charge in [0.25, 0.3) is 0 Å². The highest BCUT2D eigenvalue weighted by Gasteiger charge is 2.31. The molecule has 0 radical (unpaired) electrons. The molecule has 1 N–H and O–H groups in total. The molecule has 1 saturated heterocycles. The van der Waals surface area contributed by atoms with Crippen molar-refractivity contribution in [1.29, 1.82) is 0 Å². The van der Waals surface area contributed by atoms with Gasteiger partial charge in [0.2, 0.25) is 0 Å². The van der Waals surface area contributed by atoms with Gasteiger partial charge in [-0.05, 0) is 46.2 Å². The van der Waals surface area contributed by atoms with Gasteiger partial charge in [0.05, 0.1) is 0 Å². The van der Waals surface area contributed by atoms with Crippen molar-refractivity contribution >= 4 is 0 Å². The maximum atomic E-state index is 3.48. The lowest BCUT2D eigenvalue weighted by Gasteiger charge is -2.44. The van der Waals surface area contributed by atoms with Crippen LogP contribution in [0, 0.1) is 0 Å². The van der Waals surface area contributed by atoms with Gasteiger partial charge in [-0.25, -0.2) is 0 Å². The molecular formula is C15H30N2. The van der Waals surface area contributed by atoms with Crippen LogP contribution in [-0.2, 0) is 0 Å². The van der Waals surface area contributed by atoms with Crippen LogP contribution in [0.1, 0.15) is 64.7 Å². The summed E-state index contributed by atoms with van der Waals surface area (Å²) in [5.74, 6) is 0. The number of nitrogens with one attached hydrogen (secondary N) is 1. The molecule has 0 amide bonds. The van der Waals surface area contributed by atoms with Crippen LogP contribution >= 0.6 is 0 Å². The van der Waals surface area contributed by atoms with Gasteiger partial charge >= 0.3 is 0 Å². The van der Waals surface area contributed by atoms with E-state index in [0.29, 0.717) is 6.04 Å². The van der Waals surface area contributed by atoms with Crippen molar-refractivity contribution in [2.24, 2.45) is 0 Å². The van der Waals surface area contributed by atoms with Crippen molar-refractivity contribution in [3.63, 3.8) is 0 Å². The summed E-state index contributed by atoms with van der Waals surface area (Å²) in [7, 11) is 2.12. The summed E-state index contributed by atoms with van der Waals surface area (Å²) in [5.41, 5.74) is 0. The van der Waals surface area contributed by atoms with Crippen molar-refractivity contribution in [1.82, 2.24) is 10.2 Å². The fourth-order valence-electron chi connectivity index (χ4n) is 3.75. The molecule has 0 aromatic heterocycles. The first-order valence-electron chi connectivity index (χ1n) is 7.76. The maximum absolute atomic E-state index is 3.48. The summed E-state index contributed by atoms with van der Waals surface area (Å²) in [6, 6.07) is 2.33. The molecule has 17 heavy (non-hydrogen) atoms. The van der Waals surface area contributed by atoms with E-state index in [1.807, 2.05) is 0 Å². The van der Waals surface area contributed by atoms with Gasteiger partial charge in [0, 0.05) is 18.1 Å². The molecule has 1 saturated carbocycles. The van der Waals surface area contributed by atoms with Crippen molar-refractivity contribution < 1.29 is 0 Å². The van der Waals surface area contributed by atoms with E-state index < -0.39 is 0 Å². The van der Waals surface area contributed by atoms with Gasteiger partial charge in [0.15, 0.2) is 0 Å². The molecule has 0 bridgehead atoms. The summed E-state index contributed by atoms with van der Waals surface area (Å²) >= 11 is 0. The Bertz CT molecular complexity index is 209. The number of hydrogen-bond donors (Lipinski definition) is 1. The smallest absolute Gasteiger partial charge is 0.0249 e. The first-order valence-corrected chi connectivity index (χ1v) is 7.76. The number of hydrogen-bond acceptors (Lipinski definition) is 2. The number of nitrogens with zero attached hydrogens (tertiary/aromatic N) is 1. The van der Waals surface area contributed by atoms with E-state index in [9.17, 15) is 0 Å². The van der Waals surface area contributed by atoms with Crippen molar-refractivity contribution in [3.05, 3.63) is 0 Å². The SMILES string of the molecule is CNC(C)C1CCCCN1C1CCCCCC1. The van der Waals surface area contributed by atoms with Crippen molar-refractivity contribution in [2.45, 2.75) is 82.8 Å². The van der Waals surface area contributed by atoms with Gasteiger partial charge in [-0.2, -0.15) is 0 Å². The van der Waals surface area contributed by atoms with Gasteiger partial charge in [-0.1, -0.05) is 32.1 Å². The Balaban J connectivity index is 1.98. The highest BCUT2D eigenvalue weighted by atomic mass is 15.2. The van der Waals surface area contributed by atoms with E-state index in [1.54, 1.807) is 0 Å². The third kappa shape index (κ3) is 3.45. The Kier molecular flexibility index (Phi) is 5.30. The van der Waals surface area contributed by atoms with Crippen LogP contribution < -0.4 is 5.32 Å². The molecule has 1 aliphatic heterocycles. The number of likely N-dealkylation sites (tertiary alicyclic amines) is 1. The largest absolute Gasteiger partial charge is 0.316 e. The van der Waals surface area contributed by atoms with Crippen LogP contribution in [-0.4, -0.2) is 36.6 Å². The number of piperidine rings is 1. The van der Waals surface area contributed by atoms with E-state index in [2.05, 4.69) is 24.2 Å². The van der Waals surface area contributed by atoms with Gasteiger partial charge in [-0.15, -0.1) is 0 Å². The van der Waals surface area contributed by atoms with Gasteiger partial charge in [0.1, 0.15) is 0 Å². The maximum Gasteiger partial charge on any atom is 0.0249 e. The molecule has 0 aromatic rings. The zero-order valence-corrected chi connectivity index (χ0v) is 11.8. The topological polar surface area (TPSA) is 15.3 Å². The van der Waals surface area contributed by atoms with Crippen LogP contribution in [0.15, 0.2) is 0 Å². The molecule has 2 atom stereocenters. The normalized spacial score (nSPS) is 31.1. The van der Waals surface area contributed by atoms with E-state index in [-0.39, 0.29) is 0 Å². The standard InChI is InChI=1S/C15H30N2/c1-13(16-2)15-11-7-8-12-17(15)14-9-5-3-4-6-10-14/h13-16H,3-12H2,1-2H3. The Labute approximate surface area is 107 Å². The van der Waals surface area contributed by atoms with Gasteiger partial charge < -0.3 is 5.32 Å². The first-order chi connectivity index (χ1) is 8.33. The molecule has 1 heterocycles. The first kappa shape index (κ1) is 13.4. The molecule has 2 aliphatic rings. The predicted octanol–water partition coefficient (Wildman–Crippen LogP) is 3.17. The zero-order valence-electron chi connectivity index (χ0n) is 11.8. The minimum Gasteiger partial charge on any atom is -0.316 e. The van der Waals surface area contributed by atoms with Gasteiger partial charge in [-0.3, -0.25) is 4.90 Å². The Morgan fingerprint density at radius 3 is 2.24 bits per heavy atom. The van der Waals surface area contributed by atoms with Crippen LogP contribution in [0.5, 0.6) is 0 Å². The molecular weight excluding hydrogens is 208 g/mol. The van der Waals surface area contributed by atoms with E-state index in [4.69, 9.17) is 0 Å². The second-order valence-electron chi connectivity index (χ2n) is 6.02. The van der Waals surface area contributed by atoms with Crippen LogP contribution in [0.3, 0.4) is 0 Å². The lowest BCUT2D eigenvalue weighted by Crippen LogP contribution is -2.54. The highest BCUT2D eigenvalue weighted by molar-refractivity contribution is 4.89. The monoisotopic (exact) mass is 238 g/mol.